The van der Waals surface area contributed by atoms with E-state index in [0.29, 0.717) is 13.0 Å². The molecule has 0 aromatic carbocycles. The molecule has 0 radical (unpaired) electrons. The van der Waals surface area contributed by atoms with Crippen molar-refractivity contribution in [2.24, 2.45) is 16.6 Å². The fourth-order valence-electron chi connectivity index (χ4n) is 1.53. The van der Waals surface area contributed by atoms with Gasteiger partial charge in [0.1, 0.15) is 11.4 Å². The number of aliphatic imine (C=N–C) groups is 1. The zero-order chi connectivity index (χ0) is 13.0. The van der Waals surface area contributed by atoms with Crippen LogP contribution in [-0.2, 0) is 0 Å². The van der Waals surface area contributed by atoms with Crippen molar-refractivity contribution >= 4 is 17.8 Å². The SMILES string of the molecule is C=C(Cl)/N=C\C(=C(/F)C1CCNC1N)[N+](=O)[O-]. The highest BCUT2D eigenvalue weighted by Gasteiger charge is 2.33. The van der Waals surface area contributed by atoms with Crippen molar-refractivity contribution < 1.29 is 9.31 Å². The Morgan fingerprint density at radius 1 is 1.76 bits per heavy atom. The topological polar surface area (TPSA) is 93.5 Å². The van der Waals surface area contributed by atoms with Crippen LogP contribution in [-0.4, -0.2) is 23.8 Å². The number of rotatable bonds is 4. The predicted octanol–water partition coefficient (Wildman–Crippen LogP) is 1.12. The Bertz CT molecular complexity index is 396. The lowest BCUT2D eigenvalue weighted by molar-refractivity contribution is -0.417. The lowest BCUT2D eigenvalue weighted by atomic mass is 10.0. The summed E-state index contributed by atoms with van der Waals surface area (Å²) in [5.74, 6) is -1.61. The molecule has 17 heavy (non-hydrogen) atoms. The van der Waals surface area contributed by atoms with Crippen LogP contribution < -0.4 is 11.1 Å². The molecule has 0 amide bonds. The number of halogens is 2. The third-order valence-corrected chi connectivity index (χ3v) is 2.46. The van der Waals surface area contributed by atoms with E-state index in [4.69, 9.17) is 17.3 Å². The zero-order valence-corrected chi connectivity index (χ0v) is 9.65. The average Bonchev–Trinajstić information content (AvgIpc) is 2.63. The van der Waals surface area contributed by atoms with Crippen LogP contribution in [0.15, 0.2) is 28.3 Å². The maximum absolute atomic E-state index is 13.9. The fraction of sp³-hybridized carbons (Fsp3) is 0.444. The first-order chi connectivity index (χ1) is 7.93. The Kier molecular flexibility index (Phi) is 4.73. The molecule has 2 atom stereocenters. The standard InChI is InChI=1S/C9H12ClFN4O2/c1-5(10)14-4-7(15(16)17)8(11)6-2-3-13-9(6)12/h4,6,9,13H,1-3,12H2/b8-7+,14-4-. The van der Waals surface area contributed by atoms with E-state index in [1.807, 2.05) is 0 Å². The van der Waals surface area contributed by atoms with Crippen molar-refractivity contribution in [1.82, 2.24) is 5.32 Å². The predicted molar refractivity (Wildman–Crippen MR) is 62.7 cm³/mol. The minimum absolute atomic E-state index is 0.161. The van der Waals surface area contributed by atoms with E-state index in [0.717, 1.165) is 6.21 Å². The van der Waals surface area contributed by atoms with E-state index in [1.165, 1.54) is 0 Å². The van der Waals surface area contributed by atoms with Crippen LogP contribution in [0.25, 0.3) is 0 Å². The van der Waals surface area contributed by atoms with Gasteiger partial charge in [0.25, 0.3) is 0 Å². The smallest absolute Gasteiger partial charge is 0.315 e. The Hall–Kier alpha value is -1.31. The molecule has 2 unspecified atom stereocenters. The summed E-state index contributed by atoms with van der Waals surface area (Å²) in [6, 6.07) is 0. The van der Waals surface area contributed by atoms with Gasteiger partial charge in [0.2, 0.25) is 0 Å². The van der Waals surface area contributed by atoms with Gasteiger partial charge < -0.3 is 11.1 Å². The minimum Gasteiger partial charge on any atom is -0.315 e. The highest BCUT2D eigenvalue weighted by Crippen LogP contribution is 2.25. The summed E-state index contributed by atoms with van der Waals surface area (Å²) in [6.07, 6.45) is 0.521. The Labute approximate surface area is 102 Å². The number of nitrogens with zero attached hydrogens (tertiary/aromatic N) is 2. The summed E-state index contributed by atoms with van der Waals surface area (Å²) in [4.78, 5) is 13.3. The van der Waals surface area contributed by atoms with Crippen molar-refractivity contribution in [1.29, 1.82) is 0 Å². The number of hydrogen-bond donors (Lipinski definition) is 2. The van der Waals surface area contributed by atoms with Gasteiger partial charge in [-0.2, -0.15) is 0 Å². The maximum atomic E-state index is 13.9. The summed E-state index contributed by atoms with van der Waals surface area (Å²) < 4.78 is 13.9. The molecular formula is C9H12ClFN4O2. The van der Waals surface area contributed by atoms with Gasteiger partial charge in [-0.25, -0.2) is 9.38 Å². The molecule has 3 N–H and O–H groups in total. The zero-order valence-electron chi connectivity index (χ0n) is 8.90. The molecular weight excluding hydrogens is 251 g/mol. The van der Waals surface area contributed by atoms with Crippen LogP contribution in [0.5, 0.6) is 0 Å². The van der Waals surface area contributed by atoms with E-state index in [-0.39, 0.29) is 5.16 Å². The molecule has 0 aromatic heterocycles. The van der Waals surface area contributed by atoms with Crippen LogP contribution in [0.3, 0.4) is 0 Å². The third-order valence-electron chi connectivity index (χ3n) is 2.36. The normalized spacial score (nSPS) is 26.1. The lowest BCUT2D eigenvalue weighted by Gasteiger charge is -2.11. The number of nitrogens with one attached hydrogen (secondary N) is 1. The number of allylic oxidation sites excluding steroid dienone is 1. The van der Waals surface area contributed by atoms with Crippen LogP contribution in [0.1, 0.15) is 6.42 Å². The summed E-state index contributed by atoms with van der Waals surface area (Å²) in [7, 11) is 0. The second-order valence-corrected chi connectivity index (χ2v) is 3.94. The van der Waals surface area contributed by atoms with E-state index in [1.54, 1.807) is 0 Å². The second kappa shape index (κ2) is 5.85. The molecule has 0 aromatic rings. The van der Waals surface area contributed by atoms with Crippen LogP contribution >= 0.6 is 11.6 Å². The van der Waals surface area contributed by atoms with Gasteiger partial charge in [-0.15, -0.1) is 0 Å². The summed E-state index contributed by atoms with van der Waals surface area (Å²) in [5, 5.41) is 13.3. The second-order valence-electron chi connectivity index (χ2n) is 3.50. The molecule has 0 spiro atoms. The van der Waals surface area contributed by atoms with Crippen LogP contribution in [0.4, 0.5) is 4.39 Å². The van der Waals surface area contributed by atoms with E-state index < -0.39 is 28.5 Å². The average molecular weight is 263 g/mol. The first kappa shape index (κ1) is 13.8. The Balaban J connectivity index is 3.01. The molecule has 0 aliphatic carbocycles. The molecule has 1 fully saturated rings. The van der Waals surface area contributed by atoms with Crippen molar-refractivity contribution in [2.75, 3.05) is 6.54 Å². The molecule has 8 heteroatoms. The largest absolute Gasteiger partial charge is 0.319 e. The Morgan fingerprint density at radius 3 is 2.82 bits per heavy atom. The summed E-state index contributed by atoms with van der Waals surface area (Å²) in [5.41, 5.74) is 4.84. The molecule has 1 rings (SSSR count). The van der Waals surface area contributed by atoms with Crippen molar-refractivity contribution in [3.05, 3.63) is 33.4 Å². The van der Waals surface area contributed by atoms with Gasteiger partial charge in [0.05, 0.1) is 11.1 Å². The molecule has 0 saturated carbocycles. The van der Waals surface area contributed by atoms with E-state index in [2.05, 4.69) is 16.9 Å². The number of nitro groups is 1. The highest BCUT2D eigenvalue weighted by atomic mass is 35.5. The van der Waals surface area contributed by atoms with Crippen LogP contribution in [0, 0.1) is 16.0 Å². The molecule has 1 heterocycles. The van der Waals surface area contributed by atoms with Crippen molar-refractivity contribution in [2.45, 2.75) is 12.6 Å². The fourth-order valence-corrected chi connectivity index (χ4v) is 1.58. The van der Waals surface area contributed by atoms with Crippen LogP contribution in [0.2, 0.25) is 0 Å². The van der Waals surface area contributed by atoms with E-state index >= 15 is 0 Å². The number of hydrogen-bond acceptors (Lipinski definition) is 5. The summed E-state index contributed by atoms with van der Waals surface area (Å²) >= 11 is 5.32. The van der Waals surface area contributed by atoms with Crippen molar-refractivity contribution in [3.63, 3.8) is 0 Å². The van der Waals surface area contributed by atoms with E-state index in [9.17, 15) is 14.5 Å². The molecule has 0 bridgehead atoms. The van der Waals surface area contributed by atoms with Gasteiger partial charge in [-0.3, -0.25) is 10.1 Å². The van der Waals surface area contributed by atoms with Gasteiger partial charge in [-0.1, -0.05) is 18.2 Å². The molecule has 1 aliphatic heterocycles. The highest BCUT2D eigenvalue weighted by molar-refractivity contribution is 6.29. The monoisotopic (exact) mass is 262 g/mol. The molecule has 1 saturated heterocycles. The van der Waals surface area contributed by atoms with Gasteiger partial charge >= 0.3 is 5.70 Å². The van der Waals surface area contributed by atoms with Gasteiger partial charge in [-0.05, 0) is 13.0 Å². The van der Waals surface area contributed by atoms with Crippen molar-refractivity contribution in [3.8, 4) is 0 Å². The van der Waals surface area contributed by atoms with Gasteiger partial charge in [0.15, 0.2) is 5.83 Å². The van der Waals surface area contributed by atoms with Gasteiger partial charge in [0, 0.05) is 5.92 Å². The minimum atomic E-state index is -0.894. The summed E-state index contributed by atoms with van der Waals surface area (Å²) in [6.45, 7) is 3.74. The Morgan fingerprint density at radius 2 is 2.41 bits per heavy atom. The quantitative estimate of drug-likeness (QED) is 0.344. The first-order valence-electron chi connectivity index (χ1n) is 4.85. The number of nitrogens with two attached hydrogens (primary N) is 1. The molecule has 94 valence electrons. The maximum Gasteiger partial charge on any atom is 0.319 e. The molecule has 6 nitrogen and oxygen atoms in total. The lowest BCUT2D eigenvalue weighted by Crippen LogP contribution is -2.36. The third kappa shape index (κ3) is 3.58. The first-order valence-corrected chi connectivity index (χ1v) is 5.22. The molecule has 1 aliphatic rings.